The fraction of sp³-hybridized carbons (Fsp3) is 0.583. The van der Waals surface area contributed by atoms with Crippen molar-refractivity contribution in [3.63, 3.8) is 0 Å². The van der Waals surface area contributed by atoms with Crippen molar-refractivity contribution >= 4 is 34.9 Å². The third-order valence-electron chi connectivity index (χ3n) is 7.02. The number of ether oxygens (including phenoxy) is 2. The molecule has 0 radical (unpaired) electrons. The summed E-state index contributed by atoms with van der Waals surface area (Å²) < 4.78 is 11.6. The minimum absolute atomic E-state index is 0.00982. The SMILES string of the molecule is O=C1C2=C(OC3CCC(Cl)CC13)C(=O)N(CCCN1CCOCC1)C2c1cccc(Cl)c1. The predicted octanol–water partition coefficient (Wildman–Crippen LogP) is 3.58. The molecule has 172 valence electrons. The Morgan fingerprint density at radius 1 is 1.09 bits per heavy atom. The predicted molar refractivity (Wildman–Crippen MR) is 122 cm³/mol. The molecule has 1 aromatic carbocycles. The number of hydrogen-bond donors (Lipinski definition) is 0. The minimum Gasteiger partial charge on any atom is -0.483 e. The number of carbonyl (C=O) groups is 2. The summed E-state index contributed by atoms with van der Waals surface area (Å²) in [6.45, 7) is 4.74. The Hall–Kier alpha value is -1.60. The van der Waals surface area contributed by atoms with E-state index in [1.54, 1.807) is 11.0 Å². The average molecular weight is 479 g/mol. The van der Waals surface area contributed by atoms with Crippen LogP contribution in [0.15, 0.2) is 35.6 Å². The molecule has 1 aromatic rings. The molecular weight excluding hydrogens is 451 g/mol. The van der Waals surface area contributed by atoms with Crippen LogP contribution in [0.2, 0.25) is 5.02 Å². The number of alkyl halides is 1. The first kappa shape index (κ1) is 22.2. The largest absolute Gasteiger partial charge is 0.483 e. The number of morpholine rings is 1. The van der Waals surface area contributed by atoms with Crippen molar-refractivity contribution in [3.8, 4) is 0 Å². The molecule has 4 unspecified atom stereocenters. The highest BCUT2D eigenvalue weighted by molar-refractivity contribution is 6.30. The molecule has 0 aromatic heterocycles. The van der Waals surface area contributed by atoms with Crippen molar-refractivity contribution in [2.45, 2.75) is 43.2 Å². The van der Waals surface area contributed by atoms with Gasteiger partial charge < -0.3 is 14.4 Å². The van der Waals surface area contributed by atoms with Gasteiger partial charge in [-0.05, 0) is 43.4 Å². The van der Waals surface area contributed by atoms with E-state index in [1.807, 2.05) is 18.2 Å². The molecule has 3 aliphatic heterocycles. The molecule has 6 nitrogen and oxygen atoms in total. The molecule has 5 rings (SSSR count). The number of hydrogen-bond acceptors (Lipinski definition) is 5. The fourth-order valence-electron chi connectivity index (χ4n) is 5.41. The van der Waals surface area contributed by atoms with Crippen LogP contribution in [0.4, 0.5) is 0 Å². The molecule has 4 atom stereocenters. The van der Waals surface area contributed by atoms with Crippen molar-refractivity contribution in [2.75, 3.05) is 39.4 Å². The van der Waals surface area contributed by atoms with Gasteiger partial charge in [-0.3, -0.25) is 14.5 Å². The van der Waals surface area contributed by atoms with Gasteiger partial charge >= 0.3 is 0 Å². The number of rotatable bonds is 5. The van der Waals surface area contributed by atoms with Gasteiger partial charge in [0.05, 0.1) is 30.7 Å². The van der Waals surface area contributed by atoms with Crippen LogP contribution >= 0.6 is 23.2 Å². The van der Waals surface area contributed by atoms with Crippen LogP contribution in [0.3, 0.4) is 0 Å². The standard InChI is InChI=1S/C24H28Cl2N2O4/c25-16-4-1-3-15(13-16)21-20-22(29)18-14-17(26)5-6-19(18)32-23(20)24(30)28(21)8-2-7-27-9-11-31-12-10-27/h1,3-4,13,17-19,21H,2,5-12,14H2. The molecule has 0 bridgehead atoms. The first-order valence-corrected chi connectivity index (χ1v) is 12.3. The lowest BCUT2D eigenvalue weighted by atomic mass is 9.77. The lowest BCUT2D eigenvalue weighted by molar-refractivity contribution is -0.135. The summed E-state index contributed by atoms with van der Waals surface area (Å²) in [5.74, 6) is -0.226. The lowest BCUT2D eigenvalue weighted by Crippen LogP contribution is -2.41. The molecule has 1 aliphatic carbocycles. The van der Waals surface area contributed by atoms with Crippen molar-refractivity contribution in [1.82, 2.24) is 9.80 Å². The van der Waals surface area contributed by atoms with Crippen LogP contribution in [-0.2, 0) is 19.1 Å². The summed E-state index contributed by atoms with van der Waals surface area (Å²) in [5, 5.41) is 0.551. The van der Waals surface area contributed by atoms with Crippen LogP contribution in [0, 0.1) is 5.92 Å². The van der Waals surface area contributed by atoms with E-state index in [0.717, 1.165) is 51.3 Å². The molecular formula is C24H28Cl2N2O4. The van der Waals surface area contributed by atoms with E-state index in [2.05, 4.69) is 4.90 Å². The van der Waals surface area contributed by atoms with E-state index in [-0.39, 0.29) is 34.8 Å². The van der Waals surface area contributed by atoms with Crippen LogP contribution in [0.5, 0.6) is 0 Å². The third-order valence-corrected chi connectivity index (χ3v) is 7.65. The Bertz CT molecular complexity index is 930. The summed E-state index contributed by atoms with van der Waals surface area (Å²) in [6.07, 6.45) is 2.65. The van der Waals surface area contributed by atoms with E-state index < -0.39 is 6.04 Å². The molecule has 32 heavy (non-hydrogen) atoms. The number of benzene rings is 1. The zero-order chi connectivity index (χ0) is 22.2. The Morgan fingerprint density at radius 2 is 1.91 bits per heavy atom. The maximum absolute atomic E-state index is 13.6. The van der Waals surface area contributed by atoms with Gasteiger partial charge in [-0.25, -0.2) is 0 Å². The number of ketones is 1. The topological polar surface area (TPSA) is 59.1 Å². The molecule has 1 saturated carbocycles. The zero-order valence-electron chi connectivity index (χ0n) is 18.0. The van der Waals surface area contributed by atoms with Crippen molar-refractivity contribution in [2.24, 2.45) is 5.92 Å². The van der Waals surface area contributed by atoms with Crippen molar-refractivity contribution < 1.29 is 19.1 Å². The van der Waals surface area contributed by atoms with Gasteiger partial charge in [0, 0.05) is 36.6 Å². The molecule has 1 saturated heterocycles. The maximum atomic E-state index is 13.6. The number of nitrogens with zero attached hydrogens (tertiary/aromatic N) is 2. The Labute approximate surface area is 198 Å². The van der Waals surface area contributed by atoms with Gasteiger partial charge in [-0.2, -0.15) is 0 Å². The number of amides is 1. The van der Waals surface area contributed by atoms with E-state index in [1.165, 1.54) is 0 Å². The van der Waals surface area contributed by atoms with Crippen LogP contribution in [-0.4, -0.2) is 72.4 Å². The van der Waals surface area contributed by atoms with E-state index >= 15 is 0 Å². The normalized spacial score (nSPS) is 30.9. The van der Waals surface area contributed by atoms with Gasteiger partial charge in [0.25, 0.3) is 5.91 Å². The van der Waals surface area contributed by atoms with E-state index in [0.29, 0.717) is 30.0 Å². The van der Waals surface area contributed by atoms with E-state index in [4.69, 9.17) is 32.7 Å². The van der Waals surface area contributed by atoms with Gasteiger partial charge in [-0.15, -0.1) is 11.6 Å². The lowest BCUT2D eigenvalue weighted by Gasteiger charge is -2.37. The highest BCUT2D eigenvalue weighted by atomic mass is 35.5. The zero-order valence-corrected chi connectivity index (χ0v) is 19.5. The second kappa shape index (κ2) is 9.34. The van der Waals surface area contributed by atoms with Crippen molar-refractivity contribution in [1.29, 1.82) is 0 Å². The Balaban J connectivity index is 1.42. The number of halogens is 2. The summed E-state index contributed by atoms with van der Waals surface area (Å²) in [7, 11) is 0. The third kappa shape index (κ3) is 4.18. The Kier molecular flexibility index (Phi) is 6.48. The van der Waals surface area contributed by atoms with Gasteiger partial charge in [0.1, 0.15) is 6.10 Å². The summed E-state index contributed by atoms with van der Waals surface area (Å²) in [6, 6.07) is 6.96. The van der Waals surface area contributed by atoms with Crippen LogP contribution in [0.1, 0.15) is 37.3 Å². The van der Waals surface area contributed by atoms with Crippen LogP contribution in [0.25, 0.3) is 0 Å². The number of Topliss-reactive ketones (excluding diaryl/α,β-unsaturated/α-hetero) is 1. The smallest absolute Gasteiger partial charge is 0.290 e. The molecule has 3 heterocycles. The second-order valence-electron chi connectivity index (χ2n) is 9.04. The van der Waals surface area contributed by atoms with Gasteiger partial charge in [-0.1, -0.05) is 23.7 Å². The van der Waals surface area contributed by atoms with E-state index in [9.17, 15) is 9.59 Å². The van der Waals surface area contributed by atoms with Crippen molar-refractivity contribution in [3.05, 3.63) is 46.2 Å². The molecule has 0 spiro atoms. The maximum Gasteiger partial charge on any atom is 0.290 e. The highest BCUT2D eigenvalue weighted by Crippen LogP contribution is 2.47. The van der Waals surface area contributed by atoms with Crippen LogP contribution < -0.4 is 0 Å². The number of fused-ring (bicyclic) bond motifs is 1. The fourth-order valence-corrected chi connectivity index (χ4v) is 5.92. The number of carbonyl (C=O) groups excluding carboxylic acids is 2. The molecule has 0 N–H and O–H groups in total. The highest BCUT2D eigenvalue weighted by Gasteiger charge is 2.52. The van der Waals surface area contributed by atoms with Gasteiger partial charge in [0.2, 0.25) is 0 Å². The quantitative estimate of drug-likeness (QED) is 0.605. The second-order valence-corrected chi connectivity index (χ2v) is 10.1. The van der Waals surface area contributed by atoms with Gasteiger partial charge in [0.15, 0.2) is 11.5 Å². The monoisotopic (exact) mass is 478 g/mol. The first-order chi connectivity index (χ1) is 15.5. The molecule has 8 heteroatoms. The average Bonchev–Trinajstić information content (AvgIpc) is 3.07. The summed E-state index contributed by atoms with van der Waals surface area (Å²) in [5.41, 5.74) is 1.33. The summed E-state index contributed by atoms with van der Waals surface area (Å²) >= 11 is 12.7. The Morgan fingerprint density at radius 3 is 2.69 bits per heavy atom. The summed E-state index contributed by atoms with van der Waals surface area (Å²) in [4.78, 5) is 31.3. The molecule has 4 aliphatic rings. The minimum atomic E-state index is -0.468. The molecule has 2 fully saturated rings. The first-order valence-electron chi connectivity index (χ1n) is 11.5. The molecule has 1 amide bonds.